The predicted octanol–water partition coefficient (Wildman–Crippen LogP) is 2.61. The normalized spacial score (nSPS) is 10.8. The number of anilines is 2. The molecule has 2 rings (SSSR count). The Bertz CT molecular complexity index is 801. The zero-order chi connectivity index (χ0) is 18.9. The second-order valence-corrected chi connectivity index (χ2v) is 5.58. The number of hydrogen-bond donors (Lipinski definition) is 3. The number of hydrazone groups is 1. The van der Waals surface area contributed by atoms with E-state index < -0.39 is 0 Å². The van der Waals surface area contributed by atoms with Crippen molar-refractivity contribution in [3.05, 3.63) is 54.1 Å². The molecule has 0 spiro atoms. The summed E-state index contributed by atoms with van der Waals surface area (Å²) in [4.78, 5) is 23.0. The van der Waals surface area contributed by atoms with Gasteiger partial charge in [0.25, 0.3) is 5.91 Å². The Morgan fingerprint density at radius 2 is 1.77 bits per heavy atom. The zero-order valence-corrected chi connectivity index (χ0v) is 15.0. The summed E-state index contributed by atoms with van der Waals surface area (Å²) in [5, 5.41) is 9.82. The minimum Gasteiger partial charge on any atom is -0.497 e. The molecule has 7 heteroatoms. The van der Waals surface area contributed by atoms with Gasteiger partial charge in [-0.25, -0.2) is 5.43 Å². The molecule has 0 aliphatic heterocycles. The second kappa shape index (κ2) is 9.22. The highest BCUT2D eigenvalue weighted by atomic mass is 16.5. The second-order valence-electron chi connectivity index (χ2n) is 5.58. The average molecular weight is 354 g/mol. The lowest BCUT2D eigenvalue weighted by molar-refractivity contribution is -0.119. The highest BCUT2D eigenvalue weighted by Crippen LogP contribution is 2.14. The monoisotopic (exact) mass is 354 g/mol. The maximum atomic E-state index is 11.9. The SMILES string of the molecule is COc1ccc(NCC(=O)N/N=C(\C)c2cccc(NC(C)=O)c2)cc1. The van der Waals surface area contributed by atoms with Gasteiger partial charge in [0.1, 0.15) is 5.75 Å². The van der Waals surface area contributed by atoms with Gasteiger partial charge < -0.3 is 15.4 Å². The molecule has 0 aliphatic carbocycles. The van der Waals surface area contributed by atoms with Crippen molar-refractivity contribution in [2.75, 3.05) is 24.3 Å². The summed E-state index contributed by atoms with van der Waals surface area (Å²) in [6.07, 6.45) is 0. The van der Waals surface area contributed by atoms with Crippen LogP contribution >= 0.6 is 0 Å². The van der Waals surface area contributed by atoms with Gasteiger partial charge in [-0.15, -0.1) is 0 Å². The average Bonchev–Trinajstić information content (AvgIpc) is 2.64. The molecule has 2 amide bonds. The lowest BCUT2D eigenvalue weighted by atomic mass is 10.1. The van der Waals surface area contributed by atoms with Gasteiger partial charge in [-0.2, -0.15) is 5.10 Å². The fourth-order valence-corrected chi connectivity index (χ4v) is 2.17. The van der Waals surface area contributed by atoms with Crippen LogP contribution in [0.1, 0.15) is 19.4 Å². The van der Waals surface area contributed by atoms with E-state index in [9.17, 15) is 9.59 Å². The van der Waals surface area contributed by atoms with Crippen molar-refractivity contribution >= 4 is 28.9 Å². The molecule has 0 aliphatic rings. The molecule has 0 radical (unpaired) electrons. The number of methoxy groups -OCH3 is 1. The van der Waals surface area contributed by atoms with Gasteiger partial charge in [-0.1, -0.05) is 12.1 Å². The molecule has 26 heavy (non-hydrogen) atoms. The van der Waals surface area contributed by atoms with Crippen LogP contribution < -0.4 is 20.8 Å². The fraction of sp³-hybridized carbons (Fsp3) is 0.211. The van der Waals surface area contributed by atoms with E-state index >= 15 is 0 Å². The Hall–Kier alpha value is -3.35. The number of nitrogens with zero attached hydrogens (tertiary/aromatic N) is 1. The number of carbonyl (C=O) groups is 2. The molecule has 0 unspecified atom stereocenters. The Morgan fingerprint density at radius 1 is 1.04 bits per heavy atom. The number of rotatable bonds is 7. The lowest BCUT2D eigenvalue weighted by Crippen LogP contribution is -2.26. The first-order chi connectivity index (χ1) is 12.5. The van der Waals surface area contributed by atoms with E-state index in [1.807, 2.05) is 36.4 Å². The molecule has 0 saturated carbocycles. The van der Waals surface area contributed by atoms with E-state index in [0.717, 1.165) is 17.0 Å². The lowest BCUT2D eigenvalue weighted by Gasteiger charge is -2.08. The molecule has 2 aromatic carbocycles. The van der Waals surface area contributed by atoms with Gasteiger partial charge >= 0.3 is 0 Å². The first-order valence-electron chi connectivity index (χ1n) is 8.07. The van der Waals surface area contributed by atoms with E-state index in [4.69, 9.17) is 4.74 Å². The van der Waals surface area contributed by atoms with Crippen LogP contribution in [0.5, 0.6) is 5.75 Å². The van der Waals surface area contributed by atoms with Gasteiger partial charge in [0.15, 0.2) is 0 Å². The molecule has 0 aromatic heterocycles. The molecular weight excluding hydrogens is 332 g/mol. The Kier molecular flexibility index (Phi) is 6.73. The topological polar surface area (TPSA) is 91.8 Å². The van der Waals surface area contributed by atoms with E-state index in [-0.39, 0.29) is 18.4 Å². The van der Waals surface area contributed by atoms with Crippen molar-refractivity contribution in [2.45, 2.75) is 13.8 Å². The van der Waals surface area contributed by atoms with E-state index in [1.54, 1.807) is 26.2 Å². The maximum absolute atomic E-state index is 11.9. The Balaban J connectivity index is 1.89. The summed E-state index contributed by atoms with van der Waals surface area (Å²) in [5.41, 5.74) is 5.44. The van der Waals surface area contributed by atoms with Crippen molar-refractivity contribution in [3.8, 4) is 5.75 Å². The summed E-state index contributed by atoms with van der Waals surface area (Å²) >= 11 is 0. The molecule has 7 nitrogen and oxygen atoms in total. The molecular formula is C19H22N4O3. The van der Waals surface area contributed by atoms with Crippen LogP contribution in [0, 0.1) is 0 Å². The number of benzene rings is 2. The van der Waals surface area contributed by atoms with Crippen molar-refractivity contribution in [2.24, 2.45) is 5.10 Å². The standard InChI is InChI=1S/C19H22N4O3/c1-13(15-5-4-6-17(11-15)21-14(2)24)22-23-19(25)12-20-16-7-9-18(26-3)10-8-16/h4-11,20H,12H2,1-3H3,(H,21,24)(H,23,25)/b22-13+. The smallest absolute Gasteiger partial charge is 0.259 e. The summed E-state index contributed by atoms with van der Waals surface area (Å²) in [7, 11) is 1.60. The third-order valence-electron chi connectivity index (χ3n) is 3.49. The van der Waals surface area contributed by atoms with Crippen LogP contribution in [0.25, 0.3) is 0 Å². The number of nitrogens with one attached hydrogen (secondary N) is 3. The maximum Gasteiger partial charge on any atom is 0.259 e. The van der Waals surface area contributed by atoms with E-state index in [2.05, 4.69) is 21.2 Å². The number of carbonyl (C=O) groups excluding carboxylic acids is 2. The Morgan fingerprint density at radius 3 is 2.42 bits per heavy atom. The first-order valence-corrected chi connectivity index (χ1v) is 8.07. The highest BCUT2D eigenvalue weighted by Gasteiger charge is 2.03. The van der Waals surface area contributed by atoms with E-state index in [0.29, 0.717) is 11.4 Å². The third kappa shape index (κ3) is 5.94. The van der Waals surface area contributed by atoms with Crippen LogP contribution in [0.15, 0.2) is 53.6 Å². The van der Waals surface area contributed by atoms with E-state index in [1.165, 1.54) is 6.92 Å². The van der Waals surface area contributed by atoms with Crippen LogP contribution in [-0.2, 0) is 9.59 Å². The van der Waals surface area contributed by atoms with Crippen LogP contribution in [0.4, 0.5) is 11.4 Å². The molecule has 0 bridgehead atoms. The van der Waals surface area contributed by atoms with Crippen molar-refractivity contribution < 1.29 is 14.3 Å². The zero-order valence-electron chi connectivity index (χ0n) is 15.0. The van der Waals surface area contributed by atoms with Crippen molar-refractivity contribution in [1.29, 1.82) is 0 Å². The quantitative estimate of drug-likeness (QED) is 0.526. The van der Waals surface area contributed by atoms with Crippen molar-refractivity contribution in [1.82, 2.24) is 5.43 Å². The molecule has 0 fully saturated rings. The predicted molar refractivity (Wildman–Crippen MR) is 103 cm³/mol. The van der Waals surface area contributed by atoms with Gasteiger partial charge in [-0.3, -0.25) is 9.59 Å². The number of amides is 2. The molecule has 136 valence electrons. The van der Waals surface area contributed by atoms with Gasteiger partial charge in [0.05, 0.1) is 19.4 Å². The van der Waals surface area contributed by atoms with Gasteiger partial charge in [0, 0.05) is 18.3 Å². The third-order valence-corrected chi connectivity index (χ3v) is 3.49. The molecule has 0 atom stereocenters. The summed E-state index contributed by atoms with van der Waals surface area (Å²) in [5.74, 6) is 0.342. The van der Waals surface area contributed by atoms with Crippen LogP contribution in [0.3, 0.4) is 0 Å². The molecule has 3 N–H and O–H groups in total. The molecule has 0 heterocycles. The fourth-order valence-electron chi connectivity index (χ4n) is 2.17. The summed E-state index contributed by atoms with van der Waals surface area (Å²) < 4.78 is 5.08. The molecule has 0 saturated heterocycles. The minimum absolute atomic E-state index is 0.0923. The highest BCUT2D eigenvalue weighted by molar-refractivity contribution is 6.01. The van der Waals surface area contributed by atoms with Crippen LogP contribution in [-0.4, -0.2) is 31.2 Å². The summed E-state index contributed by atoms with van der Waals surface area (Å²) in [6, 6.07) is 14.5. The summed E-state index contributed by atoms with van der Waals surface area (Å²) in [6.45, 7) is 3.32. The van der Waals surface area contributed by atoms with Gasteiger partial charge in [0.2, 0.25) is 5.91 Å². The van der Waals surface area contributed by atoms with Gasteiger partial charge in [-0.05, 0) is 48.9 Å². The largest absolute Gasteiger partial charge is 0.497 e. The minimum atomic E-state index is -0.266. The van der Waals surface area contributed by atoms with Crippen molar-refractivity contribution in [3.63, 3.8) is 0 Å². The Labute approximate surface area is 152 Å². The number of hydrogen-bond acceptors (Lipinski definition) is 5. The number of ether oxygens (including phenoxy) is 1. The first kappa shape index (κ1) is 19.0. The van der Waals surface area contributed by atoms with Crippen LogP contribution in [0.2, 0.25) is 0 Å². The molecule has 2 aromatic rings.